The van der Waals surface area contributed by atoms with E-state index < -0.39 is 24.0 Å². The number of carbonyl (C=O) groups excluding carboxylic acids is 2. The Bertz CT molecular complexity index is 1010. The molecule has 9 nitrogen and oxygen atoms in total. The summed E-state index contributed by atoms with van der Waals surface area (Å²) in [5, 5.41) is 14.9. The molecule has 1 fully saturated rings. The van der Waals surface area contributed by atoms with Crippen LogP contribution in [-0.4, -0.2) is 72.7 Å². The number of hydrogen-bond acceptors (Lipinski definition) is 6. The molecule has 0 radical (unpaired) electrons. The highest BCUT2D eigenvalue weighted by Gasteiger charge is 2.25. The number of nitrogens with one attached hydrogen (secondary N) is 2. The predicted molar refractivity (Wildman–Crippen MR) is 130 cm³/mol. The predicted octanol–water partition coefficient (Wildman–Crippen LogP) is 1.52. The highest BCUT2D eigenvalue weighted by molar-refractivity contribution is 5.90. The van der Waals surface area contributed by atoms with Crippen molar-refractivity contribution in [3.8, 4) is 5.75 Å². The molecule has 9 heteroatoms. The van der Waals surface area contributed by atoms with E-state index in [1.54, 1.807) is 6.07 Å². The zero-order valence-corrected chi connectivity index (χ0v) is 20.2. The number of morpholine rings is 1. The second-order valence-corrected chi connectivity index (χ2v) is 8.66. The molecule has 1 heterocycles. The van der Waals surface area contributed by atoms with Gasteiger partial charge in [0.15, 0.2) is 0 Å². The molecule has 35 heavy (non-hydrogen) atoms. The first kappa shape index (κ1) is 26.2. The van der Waals surface area contributed by atoms with Gasteiger partial charge in [-0.2, -0.15) is 0 Å². The van der Waals surface area contributed by atoms with Crippen LogP contribution in [0, 0.1) is 6.92 Å². The molecule has 0 aliphatic carbocycles. The van der Waals surface area contributed by atoms with Crippen LogP contribution in [0.3, 0.4) is 0 Å². The summed E-state index contributed by atoms with van der Waals surface area (Å²) in [6, 6.07) is 13.2. The highest BCUT2D eigenvalue weighted by atomic mass is 16.5. The number of benzene rings is 2. The molecular weight excluding hydrogens is 450 g/mol. The van der Waals surface area contributed by atoms with Crippen molar-refractivity contribution >= 4 is 17.8 Å². The molecule has 0 spiro atoms. The number of amides is 2. The van der Waals surface area contributed by atoms with E-state index >= 15 is 0 Å². The van der Waals surface area contributed by atoms with Crippen LogP contribution in [-0.2, 0) is 32.1 Å². The number of rotatable bonds is 11. The van der Waals surface area contributed by atoms with Crippen LogP contribution >= 0.6 is 0 Å². The van der Waals surface area contributed by atoms with Crippen molar-refractivity contribution in [1.82, 2.24) is 15.5 Å². The second-order valence-electron chi connectivity index (χ2n) is 8.66. The monoisotopic (exact) mass is 483 g/mol. The average molecular weight is 484 g/mol. The zero-order chi connectivity index (χ0) is 25.2. The van der Waals surface area contributed by atoms with Crippen molar-refractivity contribution in [2.45, 2.75) is 39.0 Å². The van der Waals surface area contributed by atoms with E-state index in [0.29, 0.717) is 38.7 Å². The van der Waals surface area contributed by atoms with E-state index in [0.717, 1.165) is 16.7 Å². The minimum Gasteiger partial charge on any atom is -0.489 e. The summed E-state index contributed by atoms with van der Waals surface area (Å²) >= 11 is 0. The topological polar surface area (TPSA) is 117 Å². The summed E-state index contributed by atoms with van der Waals surface area (Å²) in [7, 11) is 0. The fourth-order valence-electron chi connectivity index (χ4n) is 3.71. The van der Waals surface area contributed by atoms with Gasteiger partial charge in [-0.3, -0.25) is 14.5 Å². The van der Waals surface area contributed by atoms with Crippen molar-refractivity contribution < 1.29 is 29.0 Å². The Balaban J connectivity index is 1.55. The first-order valence-corrected chi connectivity index (χ1v) is 11.7. The quantitative estimate of drug-likeness (QED) is 0.444. The molecule has 0 saturated carbocycles. The third-order valence-electron chi connectivity index (χ3n) is 5.79. The number of carbonyl (C=O) groups is 3. The zero-order valence-electron chi connectivity index (χ0n) is 20.2. The van der Waals surface area contributed by atoms with Gasteiger partial charge in [0.05, 0.1) is 19.8 Å². The standard InChI is InChI=1S/C26H33N3O6/c1-18-8-9-21(15-23(18)35-17-20-6-4-3-5-7-20)14-22(26(32)33)28-25(31)19(2)27-24(30)16-29-10-12-34-13-11-29/h3-9,15,19,22H,10-14,16-17H2,1-2H3,(H,27,30)(H,28,31)(H,32,33)/t19-,22?/m0/s1. The molecule has 0 bridgehead atoms. The summed E-state index contributed by atoms with van der Waals surface area (Å²) in [6.45, 7) is 6.47. The number of carboxylic acid groups (broad SMARTS) is 1. The van der Waals surface area contributed by atoms with Gasteiger partial charge in [-0.05, 0) is 36.6 Å². The van der Waals surface area contributed by atoms with Gasteiger partial charge >= 0.3 is 5.97 Å². The molecule has 1 aliphatic heterocycles. The van der Waals surface area contributed by atoms with Crippen molar-refractivity contribution in [2.75, 3.05) is 32.8 Å². The largest absolute Gasteiger partial charge is 0.489 e. The lowest BCUT2D eigenvalue weighted by Gasteiger charge is -2.26. The first-order chi connectivity index (χ1) is 16.8. The third kappa shape index (κ3) is 8.38. The Hall–Kier alpha value is -3.43. The normalized spacial score (nSPS) is 15.6. The molecule has 1 saturated heterocycles. The molecule has 1 aliphatic rings. The molecule has 3 rings (SSSR count). The number of aryl methyl sites for hydroxylation is 1. The molecule has 3 N–H and O–H groups in total. The van der Waals surface area contributed by atoms with Crippen LogP contribution in [0.15, 0.2) is 48.5 Å². The molecule has 2 aromatic carbocycles. The lowest BCUT2D eigenvalue weighted by atomic mass is 10.0. The maximum Gasteiger partial charge on any atom is 0.326 e. The molecule has 0 aromatic heterocycles. The average Bonchev–Trinajstić information content (AvgIpc) is 2.84. The van der Waals surface area contributed by atoms with Crippen LogP contribution in [0.5, 0.6) is 5.75 Å². The van der Waals surface area contributed by atoms with Gasteiger partial charge in [-0.15, -0.1) is 0 Å². The number of ether oxygens (including phenoxy) is 2. The molecule has 1 unspecified atom stereocenters. The van der Waals surface area contributed by atoms with Crippen molar-refractivity contribution in [3.63, 3.8) is 0 Å². The fourth-order valence-corrected chi connectivity index (χ4v) is 3.71. The maximum absolute atomic E-state index is 12.6. The molecule has 188 valence electrons. The van der Waals surface area contributed by atoms with Crippen LogP contribution in [0.1, 0.15) is 23.6 Å². The van der Waals surface area contributed by atoms with Crippen molar-refractivity contribution in [2.24, 2.45) is 0 Å². The van der Waals surface area contributed by atoms with E-state index in [1.807, 2.05) is 54.3 Å². The maximum atomic E-state index is 12.6. The number of nitrogens with zero attached hydrogens (tertiary/aromatic N) is 1. The summed E-state index contributed by atoms with van der Waals surface area (Å²) in [5.41, 5.74) is 2.67. The van der Waals surface area contributed by atoms with Gasteiger partial charge in [-0.1, -0.05) is 42.5 Å². The second kappa shape index (κ2) is 12.9. The van der Waals surface area contributed by atoms with Crippen LogP contribution < -0.4 is 15.4 Å². The first-order valence-electron chi connectivity index (χ1n) is 11.7. The smallest absolute Gasteiger partial charge is 0.326 e. The van der Waals surface area contributed by atoms with Gasteiger partial charge in [0, 0.05) is 19.5 Å². The van der Waals surface area contributed by atoms with Gasteiger partial charge in [0.1, 0.15) is 24.4 Å². The minimum absolute atomic E-state index is 0.0808. The van der Waals surface area contributed by atoms with E-state index in [2.05, 4.69) is 10.6 Å². The SMILES string of the molecule is Cc1ccc(CC(NC(=O)[C@H](C)NC(=O)CN2CCOCC2)C(=O)O)cc1OCc1ccccc1. The highest BCUT2D eigenvalue weighted by Crippen LogP contribution is 2.22. The molecule has 2 atom stereocenters. The summed E-state index contributed by atoms with van der Waals surface area (Å²) in [6.07, 6.45) is 0.0808. The van der Waals surface area contributed by atoms with Crippen LogP contribution in [0.25, 0.3) is 0 Å². The fraction of sp³-hybridized carbons (Fsp3) is 0.423. The van der Waals surface area contributed by atoms with Crippen LogP contribution in [0.2, 0.25) is 0 Å². The Kier molecular flexibility index (Phi) is 9.63. The number of hydrogen-bond donors (Lipinski definition) is 3. The summed E-state index contributed by atoms with van der Waals surface area (Å²) < 4.78 is 11.2. The Morgan fingerprint density at radius 3 is 2.46 bits per heavy atom. The van der Waals surface area contributed by atoms with E-state index in [1.165, 1.54) is 6.92 Å². The van der Waals surface area contributed by atoms with E-state index in [-0.39, 0.29) is 18.9 Å². The van der Waals surface area contributed by atoms with Gasteiger partial charge < -0.3 is 25.2 Å². The van der Waals surface area contributed by atoms with Gasteiger partial charge in [0.2, 0.25) is 11.8 Å². The summed E-state index contributed by atoms with van der Waals surface area (Å²) in [5.74, 6) is -1.34. The van der Waals surface area contributed by atoms with E-state index in [9.17, 15) is 19.5 Å². The Labute approximate surface area is 205 Å². The van der Waals surface area contributed by atoms with Crippen molar-refractivity contribution in [1.29, 1.82) is 0 Å². The lowest BCUT2D eigenvalue weighted by Crippen LogP contribution is -2.53. The summed E-state index contributed by atoms with van der Waals surface area (Å²) in [4.78, 5) is 38.7. The van der Waals surface area contributed by atoms with Crippen molar-refractivity contribution in [3.05, 3.63) is 65.2 Å². The molecule has 2 amide bonds. The molecule has 2 aromatic rings. The van der Waals surface area contributed by atoms with Gasteiger partial charge in [-0.25, -0.2) is 4.79 Å². The molecular formula is C26H33N3O6. The van der Waals surface area contributed by atoms with Gasteiger partial charge in [0.25, 0.3) is 0 Å². The Morgan fingerprint density at radius 2 is 1.77 bits per heavy atom. The lowest BCUT2D eigenvalue weighted by molar-refractivity contribution is -0.142. The Morgan fingerprint density at radius 1 is 1.06 bits per heavy atom. The van der Waals surface area contributed by atoms with E-state index in [4.69, 9.17) is 9.47 Å². The van der Waals surface area contributed by atoms with Crippen LogP contribution in [0.4, 0.5) is 0 Å². The number of carboxylic acids is 1. The third-order valence-corrected chi connectivity index (χ3v) is 5.79. The minimum atomic E-state index is -1.16. The number of aliphatic carboxylic acids is 1.